The predicted molar refractivity (Wildman–Crippen MR) is 101 cm³/mol. The summed E-state index contributed by atoms with van der Waals surface area (Å²) in [4.78, 5) is 23.3. The van der Waals surface area contributed by atoms with Gasteiger partial charge in [-0.2, -0.15) is 4.89 Å². The quantitative estimate of drug-likeness (QED) is 0.447. The molecule has 27 heavy (non-hydrogen) atoms. The lowest BCUT2D eigenvalue weighted by Crippen LogP contribution is -2.73. The van der Waals surface area contributed by atoms with E-state index >= 15 is 0 Å². The predicted octanol–water partition coefficient (Wildman–Crippen LogP) is 4.44. The molecule has 1 saturated heterocycles. The number of carbonyl (C=O) groups excluding carboxylic acids is 1. The number of ether oxygens (including phenoxy) is 2. The van der Waals surface area contributed by atoms with Gasteiger partial charge in [0, 0.05) is 5.41 Å². The summed E-state index contributed by atoms with van der Waals surface area (Å²) in [5.41, 5.74) is 0.350. The lowest BCUT2D eigenvalue weighted by Gasteiger charge is -2.64. The molecule has 1 aromatic rings. The first-order valence-electron chi connectivity index (χ1n) is 9.40. The average molecular weight is 370 g/mol. The summed E-state index contributed by atoms with van der Waals surface area (Å²) in [6, 6.07) is 7.17. The van der Waals surface area contributed by atoms with Crippen molar-refractivity contribution in [1.82, 2.24) is 0 Å². The van der Waals surface area contributed by atoms with Crippen LogP contribution in [-0.2, 0) is 19.2 Å². The minimum atomic E-state index is -1.04. The first-order chi connectivity index (χ1) is 12.7. The van der Waals surface area contributed by atoms with Crippen molar-refractivity contribution in [2.24, 2.45) is 5.41 Å². The van der Waals surface area contributed by atoms with Crippen LogP contribution in [-0.4, -0.2) is 30.1 Å². The topological polar surface area (TPSA) is 54.0 Å². The van der Waals surface area contributed by atoms with Crippen LogP contribution in [0, 0.1) is 5.41 Å². The molecule has 4 aliphatic rings. The van der Waals surface area contributed by atoms with E-state index in [9.17, 15) is 4.79 Å². The van der Waals surface area contributed by atoms with E-state index in [4.69, 9.17) is 19.2 Å². The van der Waals surface area contributed by atoms with Gasteiger partial charge in [0.15, 0.2) is 5.60 Å². The highest BCUT2D eigenvalue weighted by Crippen LogP contribution is 2.60. The first kappa shape index (κ1) is 18.4. The van der Waals surface area contributed by atoms with Gasteiger partial charge in [-0.25, -0.2) is 9.68 Å². The van der Waals surface area contributed by atoms with Crippen LogP contribution in [0.5, 0.6) is 0 Å². The number of carbonyl (C=O) groups is 1. The van der Waals surface area contributed by atoms with Crippen molar-refractivity contribution in [3.63, 3.8) is 0 Å². The van der Waals surface area contributed by atoms with Gasteiger partial charge in [0.05, 0.1) is 12.7 Å². The van der Waals surface area contributed by atoms with E-state index in [-0.39, 0.29) is 11.4 Å². The van der Waals surface area contributed by atoms with Crippen LogP contribution in [0.4, 0.5) is 0 Å². The zero-order valence-electron chi connectivity index (χ0n) is 16.3. The molecule has 3 aliphatic heterocycles. The third-order valence-electron chi connectivity index (χ3n) is 6.33. The van der Waals surface area contributed by atoms with Gasteiger partial charge in [-0.05, 0) is 62.1 Å². The van der Waals surface area contributed by atoms with Crippen molar-refractivity contribution >= 4 is 12.0 Å². The summed E-state index contributed by atoms with van der Waals surface area (Å²) < 4.78 is 11.2. The smallest absolute Gasteiger partial charge is 0.337 e. The van der Waals surface area contributed by atoms with Crippen molar-refractivity contribution in [2.75, 3.05) is 7.11 Å². The molecule has 5 rings (SSSR count). The number of hydrogen-bond acceptors (Lipinski definition) is 5. The van der Waals surface area contributed by atoms with Crippen LogP contribution in [0.2, 0.25) is 0 Å². The van der Waals surface area contributed by atoms with E-state index in [1.165, 1.54) is 7.11 Å². The summed E-state index contributed by atoms with van der Waals surface area (Å²) in [6.07, 6.45) is 10.9. The molecule has 0 N–H and O–H groups in total. The van der Waals surface area contributed by atoms with Crippen molar-refractivity contribution in [2.45, 2.75) is 57.0 Å². The molecule has 144 valence electrons. The van der Waals surface area contributed by atoms with E-state index in [2.05, 4.69) is 26.8 Å². The molecule has 1 spiro atoms. The second-order valence-electron chi connectivity index (χ2n) is 8.47. The van der Waals surface area contributed by atoms with Crippen molar-refractivity contribution in [3.8, 4) is 0 Å². The Labute approximate surface area is 159 Å². The lowest BCUT2D eigenvalue weighted by molar-refractivity contribution is -0.540. The third-order valence-corrected chi connectivity index (χ3v) is 6.33. The summed E-state index contributed by atoms with van der Waals surface area (Å²) >= 11 is 0. The standard InChI is InChI=1S/C22H26O5/c1-19(2)11-5-12-20(3)22(19)15-14-21(25-20,26-27-22)13-10-16-6-8-17(9-7-16)18(23)24-4/h6-10,13-15H,5,11-12H2,1-4H3/b13-10+. The molecule has 3 heterocycles. The van der Waals surface area contributed by atoms with Crippen LogP contribution in [0.25, 0.3) is 6.08 Å². The van der Waals surface area contributed by atoms with E-state index < -0.39 is 17.0 Å². The van der Waals surface area contributed by atoms with Crippen LogP contribution >= 0.6 is 0 Å². The number of methoxy groups -OCH3 is 1. The van der Waals surface area contributed by atoms with Gasteiger partial charge in [-0.1, -0.05) is 32.1 Å². The molecule has 1 aromatic carbocycles. The van der Waals surface area contributed by atoms with Gasteiger partial charge in [0.1, 0.15) is 5.60 Å². The maximum atomic E-state index is 11.5. The Morgan fingerprint density at radius 3 is 2.44 bits per heavy atom. The maximum absolute atomic E-state index is 11.5. The third kappa shape index (κ3) is 2.68. The van der Waals surface area contributed by atoms with E-state index in [0.717, 1.165) is 24.8 Å². The van der Waals surface area contributed by atoms with E-state index in [0.29, 0.717) is 5.56 Å². The molecule has 5 nitrogen and oxygen atoms in total. The highest BCUT2D eigenvalue weighted by molar-refractivity contribution is 5.89. The molecule has 5 heteroatoms. The first-order valence-corrected chi connectivity index (χ1v) is 9.40. The molecule has 3 atom stereocenters. The molecule has 0 amide bonds. The number of rotatable bonds is 3. The maximum Gasteiger partial charge on any atom is 0.337 e. The monoisotopic (exact) mass is 370 g/mol. The number of hydrogen-bond donors (Lipinski definition) is 0. The van der Waals surface area contributed by atoms with Crippen molar-refractivity contribution in [1.29, 1.82) is 0 Å². The summed E-state index contributed by atoms with van der Waals surface area (Å²) in [5, 5.41) is 0. The van der Waals surface area contributed by atoms with Gasteiger partial charge in [-0.15, -0.1) is 0 Å². The van der Waals surface area contributed by atoms with Crippen LogP contribution < -0.4 is 0 Å². The SMILES string of the molecule is COC(=O)c1ccc(/C=C/C23C=CC4(OO2)C(C)(C)CCCC4(C)O3)cc1. The Bertz CT molecular complexity index is 808. The fourth-order valence-corrected chi connectivity index (χ4v) is 4.69. The van der Waals surface area contributed by atoms with Crippen molar-refractivity contribution < 1.29 is 24.0 Å². The van der Waals surface area contributed by atoms with Gasteiger partial charge in [-0.3, -0.25) is 0 Å². The van der Waals surface area contributed by atoms with E-state index in [1.807, 2.05) is 30.4 Å². The molecule has 3 unspecified atom stereocenters. The second-order valence-corrected chi connectivity index (χ2v) is 8.47. The highest BCUT2D eigenvalue weighted by Gasteiger charge is 2.68. The molecule has 0 aromatic heterocycles. The van der Waals surface area contributed by atoms with Crippen LogP contribution in [0.3, 0.4) is 0 Å². The van der Waals surface area contributed by atoms with E-state index in [1.54, 1.807) is 12.1 Å². The molecular weight excluding hydrogens is 344 g/mol. The molecular formula is C22H26O5. The zero-order valence-corrected chi connectivity index (χ0v) is 16.3. The Kier molecular flexibility index (Phi) is 4.11. The number of esters is 1. The molecule has 1 saturated carbocycles. The fourth-order valence-electron chi connectivity index (χ4n) is 4.69. The Balaban J connectivity index is 1.61. The molecule has 2 fully saturated rings. The average Bonchev–Trinajstić information content (AvgIpc) is 2.66. The van der Waals surface area contributed by atoms with Gasteiger partial charge < -0.3 is 9.47 Å². The number of fused-ring (bicyclic) bond motifs is 1. The van der Waals surface area contributed by atoms with Crippen LogP contribution in [0.15, 0.2) is 42.5 Å². The Morgan fingerprint density at radius 1 is 1.07 bits per heavy atom. The Morgan fingerprint density at radius 2 is 1.81 bits per heavy atom. The van der Waals surface area contributed by atoms with Crippen molar-refractivity contribution in [3.05, 3.63) is 53.6 Å². The second kappa shape index (κ2) is 6.03. The van der Waals surface area contributed by atoms with Gasteiger partial charge in [0.2, 0.25) is 5.79 Å². The zero-order chi connectivity index (χ0) is 19.3. The largest absolute Gasteiger partial charge is 0.465 e. The summed E-state index contributed by atoms with van der Waals surface area (Å²) in [7, 11) is 1.37. The lowest BCUT2D eigenvalue weighted by atomic mass is 9.57. The van der Waals surface area contributed by atoms with Gasteiger partial charge >= 0.3 is 5.97 Å². The Hall–Kier alpha value is -1.95. The minimum Gasteiger partial charge on any atom is -0.465 e. The molecule has 0 radical (unpaired) electrons. The molecule has 1 aliphatic carbocycles. The normalized spacial score (nSPS) is 36.6. The number of benzene rings is 1. The highest BCUT2D eigenvalue weighted by atomic mass is 17.3. The summed E-state index contributed by atoms with van der Waals surface area (Å²) in [6.45, 7) is 6.53. The minimum absolute atomic E-state index is 0.0729. The fraction of sp³-hybridized carbons (Fsp3) is 0.500. The van der Waals surface area contributed by atoms with Gasteiger partial charge in [0.25, 0.3) is 0 Å². The van der Waals surface area contributed by atoms with Crippen LogP contribution in [0.1, 0.15) is 56.0 Å². The molecule has 2 bridgehead atoms. The summed E-state index contributed by atoms with van der Waals surface area (Å²) in [5.74, 6) is -1.39.